The number of nitrogens with zero attached hydrogens (tertiary/aromatic N) is 3. The highest BCUT2D eigenvalue weighted by molar-refractivity contribution is 5.92. The van der Waals surface area contributed by atoms with Crippen LogP contribution in [0.4, 0.5) is 0 Å². The van der Waals surface area contributed by atoms with Crippen LogP contribution >= 0.6 is 0 Å². The summed E-state index contributed by atoms with van der Waals surface area (Å²) in [6.07, 6.45) is 4.61. The van der Waals surface area contributed by atoms with E-state index in [1.54, 1.807) is 18.5 Å². The minimum atomic E-state index is -0.502. The van der Waals surface area contributed by atoms with Crippen LogP contribution in [0.25, 0.3) is 5.69 Å². The van der Waals surface area contributed by atoms with Crippen LogP contribution in [0.15, 0.2) is 30.7 Å². The van der Waals surface area contributed by atoms with Crippen molar-refractivity contribution in [3.8, 4) is 5.69 Å². The molecule has 0 spiro atoms. The van der Waals surface area contributed by atoms with Gasteiger partial charge in [-0.25, -0.2) is 4.68 Å². The number of carbonyl (C=O) groups is 1. The molecule has 0 saturated carbocycles. The van der Waals surface area contributed by atoms with E-state index in [-0.39, 0.29) is 0 Å². The lowest BCUT2D eigenvalue weighted by molar-refractivity contribution is 0.100. The van der Waals surface area contributed by atoms with Crippen LogP contribution in [0.5, 0.6) is 0 Å². The van der Waals surface area contributed by atoms with Gasteiger partial charge in [0, 0.05) is 12.7 Å². The molecule has 0 aromatic carbocycles. The summed E-state index contributed by atoms with van der Waals surface area (Å²) in [5, 5.41) is 4.01. The first-order valence-electron chi connectivity index (χ1n) is 4.70. The van der Waals surface area contributed by atoms with E-state index < -0.39 is 5.91 Å². The molecule has 6 heteroatoms. The van der Waals surface area contributed by atoms with E-state index in [2.05, 4.69) is 10.1 Å². The Labute approximate surface area is 91.9 Å². The second-order valence-electron chi connectivity index (χ2n) is 3.25. The maximum Gasteiger partial charge on any atom is 0.251 e. The molecule has 0 saturated heterocycles. The van der Waals surface area contributed by atoms with E-state index in [4.69, 9.17) is 11.5 Å². The van der Waals surface area contributed by atoms with Gasteiger partial charge in [-0.15, -0.1) is 0 Å². The summed E-state index contributed by atoms with van der Waals surface area (Å²) in [6, 6.07) is 3.63. The fraction of sp³-hybridized carbons (Fsp3) is 0.100. The molecular weight excluding hydrogens is 206 g/mol. The first kappa shape index (κ1) is 10.3. The SMILES string of the molecule is NCc1ccc(-n2cc(C(N)=O)cn2)cn1. The van der Waals surface area contributed by atoms with Gasteiger partial charge in [-0.1, -0.05) is 0 Å². The summed E-state index contributed by atoms with van der Waals surface area (Å²) < 4.78 is 1.54. The summed E-state index contributed by atoms with van der Waals surface area (Å²) >= 11 is 0. The van der Waals surface area contributed by atoms with Crippen molar-refractivity contribution in [1.29, 1.82) is 0 Å². The molecular formula is C10H11N5O. The number of primary amides is 1. The Bertz CT molecular complexity index is 502. The van der Waals surface area contributed by atoms with Crippen LogP contribution in [-0.2, 0) is 6.54 Å². The number of nitrogens with two attached hydrogens (primary N) is 2. The zero-order chi connectivity index (χ0) is 11.5. The Morgan fingerprint density at radius 3 is 2.69 bits per heavy atom. The Kier molecular flexibility index (Phi) is 2.65. The van der Waals surface area contributed by atoms with Crippen LogP contribution < -0.4 is 11.5 Å². The molecule has 0 bridgehead atoms. The van der Waals surface area contributed by atoms with Gasteiger partial charge < -0.3 is 11.5 Å². The Morgan fingerprint density at radius 2 is 2.19 bits per heavy atom. The third-order valence-corrected chi connectivity index (χ3v) is 2.15. The van der Waals surface area contributed by atoms with Gasteiger partial charge in [0.2, 0.25) is 0 Å². The number of rotatable bonds is 3. The molecule has 2 aromatic heterocycles. The monoisotopic (exact) mass is 217 g/mol. The normalized spacial score (nSPS) is 10.3. The molecule has 6 nitrogen and oxygen atoms in total. The van der Waals surface area contributed by atoms with Crippen molar-refractivity contribution in [2.75, 3.05) is 0 Å². The zero-order valence-corrected chi connectivity index (χ0v) is 8.50. The molecule has 0 radical (unpaired) electrons. The molecule has 2 heterocycles. The van der Waals surface area contributed by atoms with Gasteiger partial charge in [-0.05, 0) is 12.1 Å². The minimum Gasteiger partial charge on any atom is -0.366 e. The summed E-state index contributed by atoms with van der Waals surface area (Å²) in [5.41, 5.74) is 12.5. The van der Waals surface area contributed by atoms with Gasteiger partial charge in [0.25, 0.3) is 5.91 Å². The van der Waals surface area contributed by atoms with E-state index in [0.717, 1.165) is 11.4 Å². The lowest BCUT2D eigenvalue weighted by Gasteiger charge is -2.01. The molecule has 0 unspecified atom stereocenters. The number of carbonyl (C=O) groups excluding carboxylic acids is 1. The quantitative estimate of drug-likeness (QED) is 0.745. The number of amides is 1. The van der Waals surface area contributed by atoms with Crippen LogP contribution in [0.2, 0.25) is 0 Å². The fourth-order valence-electron chi connectivity index (χ4n) is 1.26. The summed E-state index contributed by atoms with van der Waals surface area (Å²) in [4.78, 5) is 15.0. The molecule has 0 aliphatic heterocycles. The largest absolute Gasteiger partial charge is 0.366 e. The number of hydrogen-bond donors (Lipinski definition) is 2. The smallest absolute Gasteiger partial charge is 0.251 e. The van der Waals surface area contributed by atoms with Gasteiger partial charge in [0.1, 0.15) is 0 Å². The van der Waals surface area contributed by atoms with Gasteiger partial charge in [0.15, 0.2) is 0 Å². The molecule has 0 atom stereocenters. The first-order chi connectivity index (χ1) is 7.70. The third-order valence-electron chi connectivity index (χ3n) is 2.15. The summed E-state index contributed by atoms with van der Waals surface area (Å²) in [6.45, 7) is 0.395. The van der Waals surface area contributed by atoms with Gasteiger partial charge in [0.05, 0.1) is 29.3 Å². The maximum absolute atomic E-state index is 10.9. The number of hydrogen-bond acceptors (Lipinski definition) is 4. The highest BCUT2D eigenvalue weighted by atomic mass is 16.1. The lowest BCUT2D eigenvalue weighted by Crippen LogP contribution is -2.09. The average Bonchev–Trinajstić information content (AvgIpc) is 2.78. The molecule has 0 aliphatic rings. The van der Waals surface area contributed by atoms with Gasteiger partial charge >= 0.3 is 0 Å². The predicted octanol–water partition coefficient (Wildman–Crippen LogP) is -0.175. The van der Waals surface area contributed by atoms with E-state index in [1.807, 2.05) is 6.07 Å². The van der Waals surface area contributed by atoms with Crippen molar-refractivity contribution in [2.45, 2.75) is 6.54 Å². The van der Waals surface area contributed by atoms with Gasteiger partial charge in [-0.2, -0.15) is 5.10 Å². The predicted molar refractivity (Wildman–Crippen MR) is 57.8 cm³/mol. The van der Waals surface area contributed by atoms with E-state index >= 15 is 0 Å². The van der Waals surface area contributed by atoms with Crippen molar-refractivity contribution >= 4 is 5.91 Å². The van der Waals surface area contributed by atoms with Crippen LogP contribution in [0.1, 0.15) is 16.1 Å². The Morgan fingerprint density at radius 1 is 1.38 bits per heavy atom. The summed E-state index contributed by atoms with van der Waals surface area (Å²) in [7, 11) is 0. The van der Waals surface area contributed by atoms with Gasteiger partial charge in [-0.3, -0.25) is 9.78 Å². The number of pyridine rings is 1. The lowest BCUT2D eigenvalue weighted by atomic mass is 10.3. The van der Waals surface area contributed by atoms with Crippen LogP contribution in [0, 0.1) is 0 Å². The standard InChI is InChI=1S/C10H11N5O/c11-3-8-1-2-9(5-13-8)15-6-7(4-14-15)10(12)16/h1-2,4-6H,3,11H2,(H2,12,16). The molecule has 4 N–H and O–H groups in total. The first-order valence-corrected chi connectivity index (χ1v) is 4.70. The topological polar surface area (TPSA) is 99.8 Å². The molecule has 2 rings (SSSR count). The van der Waals surface area contributed by atoms with Crippen molar-refractivity contribution in [2.24, 2.45) is 11.5 Å². The van der Waals surface area contributed by atoms with E-state index in [9.17, 15) is 4.79 Å². The molecule has 0 aliphatic carbocycles. The Balaban J connectivity index is 2.31. The zero-order valence-electron chi connectivity index (χ0n) is 8.50. The van der Waals surface area contributed by atoms with Crippen molar-refractivity contribution in [1.82, 2.24) is 14.8 Å². The van der Waals surface area contributed by atoms with E-state index in [1.165, 1.54) is 10.9 Å². The Hall–Kier alpha value is -2.21. The highest BCUT2D eigenvalue weighted by Gasteiger charge is 2.05. The number of aromatic nitrogens is 3. The maximum atomic E-state index is 10.9. The van der Waals surface area contributed by atoms with Crippen LogP contribution in [-0.4, -0.2) is 20.7 Å². The summed E-state index contributed by atoms with van der Waals surface area (Å²) in [5.74, 6) is -0.502. The fourth-order valence-corrected chi connectivity index (χ4v) is 1.26. The third kappa shape index (κ3) is 1.91. The molecule has 1 amide bonds. The molecule has 2 aromatic rings. The molecule has 82 valence electrons. The van der Waals surface area contributed by atoms with E-state index in [0.29, 0.717) is 12.1 Å². The molecule has 16 heavy (non-hydrogen) atoms. The van der Waals surface area contributed by atoms with Crippen molar-refractivity contribution in [3.63, 3.8) is 0 Å². The average molecular weight is 217 g/mol. The minimum absolute atomic E-state index is 0.364. The second-order valence-corrected chi connectivity index (χ2v) is 3.25. The highest BCUT2D eigenvalue weighted by Crippen LogP contribution is 2.07. The van der Waals surface area contributed by atoms with Crippen molar-refractivity contribution < 1.29 is 4.79 Å². The van der Waals surface area contributed by atoms with Crippen molar-refractivity contribution in [3.05, 3.63) is 42.0 Å². The molecule has 0 fully saturated rings. The second kappa shape index (κ2) is 4.11. The van der Waals surface area contributed by atoms with Crippen LogP contribution in [0.3, 0.4) is 0 Å².